The minimum absolute atomic E-state index is 0.0533. The molecule has 0 fully saturated rings. The lowest BCUT2D eigenvalue weighted by Gasteiger charge is -2.21. The molecule has 1 N–H and O–H groups in total. The summed E-state index contributed by atoms with van der Waals surface area (Å²) in [6.07, 6.45) is 5.27. The molecule has 6 heteroatoms. The normalized spacial score (nSPS) is 11.2. The van der Waals surface area contributed by atoms with Gasteiger partial charge in [-0.3, -0.25) is 9.59 Å². The first-order chi connectivity index (χ1) is 9.99. The molecule has 6 nitrogen and oxygen atoms in total. The number of nitrogens with zero attached hydrogens (tertiary/aromatic N) is 2. The summed E-state index contributed by atoms with van der Waals surface area (Å²) in [5, 5.41) is 8.76. The van der Waals surface area contributed by atoms with E-state index < -0.39 is 5.97 Å². The second-order valence-electron chi connectivity index (χ2n) is 4.97. The van der Waals surface area contributed by atoms with Crippen molar-refractivity contribution in [3.05, 3.63) is 30.2 Å². The SMILES string of the molecule is CN(C)CCCN(CCC(=O)O)C(=O)/C=C/c1ccco1. The lowest BCUT2D eigenvalue weighted by molar-refractivity contribution is -0.138. The van der Waals surface area contributed by atoms with Crippen molar-refractivity contribution >= 4 is 18.0 Å². The predicted octanol–water partition coefficient (Wildman–Crippen LogP) is 1.55. The highest BCUT2D eigenvalue weighted by Crippen LogP contribution is 2.04. The van der Waals surface area contributed by atoms with Gasteiger partial charge in [-0.25, -0.2) is 0 Å². The zero-order valence-corrected chi connectivity index (χ0v) is 12.5. The molecular weight excluding hydrogens is 272 g/mol. The first kappa shape index (κ1) is 17.0. The van der Waals surface area contributed by atoms with Gasteiger partial charge in [0.25, 0.3) is 0 Å². The molecule has 1 aromatic heterocycles. The standard InChI is InChI=1S/C15H22N2O4/c1-16(2)9-4-10-17(11-8-15(19)20)14(18)7-6-13-5-3-12-21-13/h3,5-7,12H,4,8-11H2,1-2H3,(H,19,20)/b7-6+. The van der Waals surface area contributed by atoms with E-state index in [4.69, 9.17) is 9.52 Å². The molecule has 0 aliphatic rings. The van der Waals surface area contributed by atoms with Crippen LogP contribution in [0.25, 0.3) is 6.08 Å². The average molecular weight is 294 g/mol. The van der Waals surface area contributed by atoms with E-state index in [0.717, 1.165) is 13.0 Å². The Morgan fingerprint density at radius 2 is 2.05 bits per heavy atom. The Balaban J connectivity index is 2.56. The summed E-state index contributed by atoms with van der Waals surface area (Å²) < 4.78 is 5.12. The second-order valence-corrected chi connectivity index (χ2v) is 4.97. The highest BCUT2D eigenvalue weighted by Gasteiger charge is 2.12. The summed E-state index contributed by atoms with van der Waals surface area (Å²) in [4.78, 5) is 26.4. The number of rotatable bonds is 9. The van der Waals surface area contributed by atoms with Gasteiger partial charge in [-0.05, 0) is 45.3 Å². The Morgan fingerprint density at radius 1 is 1.29 bits per heavy atom. The Morgan fingerprint density at radius 3 is 2.62 bits per heavy atom. The van der Waals surface area contributed by atoms with Crippen LogP contribution in [-0.4, -0.2) is 60.5 Å². The predicted molar refractivity (Wildman–Crippen MR) is 79.7 cm³/mol. The number of carbonyl (C=O) groups excluding carboxylic acids is 1. The monoisotopic (exact) mass is 294 g/mol. The largest absolute Gasteiger partial charge is 0.481 e. The van der Waals surface area contributed by atoms with Crippen molar-refractivity contribution in [3.63, 3.8) is 0 Å². The number of carboxylic acids is 1. The van der Waals surface area contributed by atoms with Crippen molar-refractivity contribution in [3.8, 4) is 0 Å². The number of furan rings is 1. The summed E-state index contributed by atoms with van der Waals surface area (Å²) in [5.41, 5.74) is 0. The van der Waals surface area contributed by atoms with Gasteiger partial charge in [0.15, 0.2) is 0 Å². The molecule has 0 aromatic carbocycles. The first-order valence-electron chi connectivity index (χ1n) is 6.86. The Hall–Kier alpha value is -2.08. The maximum Gasteiger partial charge on any atom is 0.305 e. The summed E-state index contributed by atoms with van der Waals surface area (Å²) in [6, 6.07) is 3.49. The Labute approximate surface area is 124 Å². The molecule has 0 saturated heterocycles. The van der Waals surface area contributed by atoms with E-state index in [1.807, 2.05) is 19.0 Å². The molecule has 116 valence electrons. The molecule has 0 atom stereocenters. The van der Waals surface area contributed by atoms with Crippen molar-refractivity contribution in [1.82, 2.24) is 9.80 Å². The number of carboxylic acid groups (broad SMARTS) is 1. The van der Waals surface area contributed by atoms with Crippen LogP contribution in [0.4, 0.5) is 0 Å². The van der Waals surface area contributed by atoms with Gasteiger partial charge in [0.1, 0.15) is 5.76 Å². The number of hydrogen-bond acceptors (Lipinski definition) is 4. The molecule has 0 aliphatic carbocycles. The smallest absolute Gasteiger partial charge is 0.305 e. The fourth-order valence-electron chi connectivity index (χ4n) is 1.79. The lowest BCUT2D eigenvalue weighted by Crippen LogP contribution is -2.34. The van der Waals surface area contributed by atoms with Crippen LogP contribution in [0.1, 0.15) is 18.6 Å². The van der Waals surface area contributed by atoms with E-state index in [1.54, 1.807) is 23.1 Å². The van der Waals surface area contributed by atoms with E-state index in [-0.39, 0.29) is 18.9 Å². The third-order valence-corrected chi connectivity index (χ3v) is 2.87. The molecular formula is C15H22N2O4. The highest BCUT2D eigenvalue weighted by atomic mass is 16.4. The highest BCUT2D eigenvalue weighted by molar-refractivity contribution is 5.91. The summed E-state index contributed by atoms with van der Waals surface area (Å²) in [7, 11) is 3.92. The number of hydrogen-bond donors (Lipinski definition) is 1. The topological polar surface area (TPSA) is 74.0 Å². The Kier molecular flexibility index (Phi) is 7.25. The van der Waals surface area contributed by atoms with Crippen molar-refractivity contribution in [1.29, 1.82) is 0 Å². The third kappa shape index (κ3) is 7.31. The van der Waals surface area contributed by atoms with Crippen LogP contribution in [0, 0.1) is 0 Å². The molecule has 0 saturated carbocycles. The van der Waals surface area contributed by atoms with Crippen LogP contribution >= 0.6 is 0 Å². The van der Waals surface area contributed by atoms with Gasteiger partial charge in [0.05, 0.1) is 12.7 Å². The van der Waals surface area contributed by atoms with Crippen LogP contribution in [-0.2, 0) is 9.59 Å². The molecule has 0 spiro atoms. The number of aliphatic carboxylic acids is 1. The average Bonchev–Trinajstić information content (AvgIpc) is 2.92. The fourth-order valence-corrected chi connectivity index (χ4v) is 1.79. The van der Waals surface area contributed by atoms with Crippen LogP contribution in [0.5, 0.6) is 0 Å². The molecule has 0 aliphatic heterocycles. The molecule has 0 unspecified atom stereocenters. The second kappa shape index (κ2) is 8.97. The van der Waals surface area contributed by atoms with Crippen molar-refractivity contribution in [2.45, 2.75) is 12.8 Å². The van der Waals surface area contributed by atoms with E-state index in [0.29, 0.717) is 12.3 Å². The van der Waals surface area contributed by atoms with Crippen LogP contribution in [0.2, 0.25) is 0 Å². The third-order valence-electron chi connectivity index (χ3n) is 2.87. The maximum atomic E-state index is 12.1. The first-order valence-corrected chi connectivity index (χ1v) is 6.86. The van der Waals surface area contributed by atoms with E-state index in [2.05, 4.69) is 0 Å². The molecule has 1 rings (SSSR count). The van der Waals surface area contributed by atoms with E-state index >= 15 is 0 Å². The van der Waals surface area contributed by atoms with Gasteiger partial charge < -0.3 is 19.3 Å². The van der Waals surface area contributed by atoms with E-state index in [1.165, 1.54) is 12.3 Å². The van der Waals surface area contributed by atoms with Gasteiger partial charge in [-0.15, -0.1) is 0 Å². The molecule has 1 amide bonds. The van der Waals surface area contributed by atoms with Gasteiger partial charge in [-0.2, -0.15) is 0 Å². The minimum Gasteiger partial charge on any atom is -0.481 e. The minimum atomic E-state index is -0.907. The van der Waals surface area contributed by atoms with E-state index in [9.17, 15) is 9.59 Å². The molecule has 1 aromatic rings. The van der Waals surface area contributed by atoms with Gasteiger partial charge in [0, 0.05) is 19.2 Å². The number of amides is 1. The van der Waals surface area contributed by atoms with Gasteiger partial charge >= 0.3 is 5.97 Å². The fraction of sp³-hybridized carbons (Fsp3) is 0.467. The molecule has 0 bridgehead atoms. The van der Waals surface area contributed by atoms with Crippen LogP contribution in [0.3, 0.4) is 0 Å². The summed E-state index contributed by atoms with van der Waals surface area (Å²) in [6.45, 7) is 1.59. The van der Waals surface area contributed by atoms with Crippen molar-refractivity contribution in [2.75, 3.05) is 33.7 Å². The summed E-state index contributed by atoms with van der Waals surface area (Å²) in [5.74, 6) is -0.517. The molecule has 1 heterocycles. The molecule has 21 heavy (non-hydrogen) atoms. The van der Waals surface area contributed by atoms with Gasteiger partial charge in [0.2, 0.25) is 5.91 Å². The quantitative estimate of drug-likeness (QED) is 0.699. The zero-order chi connectivity index (χ0) is 15.7. The van der Waals surface area contributed by atoms with Crippen molar-refractivity contribution in [2.24, 2.45) is 0 Å². The Bertz CT molecular complexity index is 466. The van der Waals surface area contributed by atoms with Crippen molar-refractivity contribution < 1.29 is 19.1 Å². The zero-order valence-electron chi connectivity index (χ0n) is 12.5. The number of carbonyl (C=O) groups is 2. The summed E-state index contributed by atoms with van der Waals surface area (Å²) >= 11 is 0. The van der Waals surface area contributed by atoms with Gasteiger partial charge in [-0.1, -0.05) is 0 Å². The molecule has 0 radical (unpaired) electrons. The van der Waals surface area contributed by atoms with Crippen LogP contribution in [0.15, 0.2) is 28.9 Å². The lowest BCUT2D eigenvalue weighted by atomic mass is 10.3. The maximum absolute atomic E-state index is 12.1. The van der Waals surface area contributed by atoms with Crippen LogP contribution < -0.4 is 0 Å².